The third-order valence-electron chi connectivity index (χ3n) is 3.60. The number of benzene rings is 2. The summed E-state index contributed by atoms with van der Waals surface area (Å²) >= 11 is 11.9. The van der Waals surface area contributed by atoms with Crippen LogP contribution in [-0.4, -0.2) is 25.0 Å². The molecule has 2 aromatic rings. The third-order valence-corrected chi connectivity index (χ3v) is 4.44. The predicted octanol–water partition coefficient (Wildman–Crippen LogP) is 4.64. The Bertz CT molecular complexity index is 924. The van der Waals surface area contributed by atoms with Crippen LogP contribution in [0.4, 0.5) is 10.1 Å². The molecule has 5 nitrogen and oxygen atoms in total. The van der Waals surface area contributed by atoms with Crippen LogP contribution in [0.3, 0.4) is 0 Å². The van der Waals surface area contributed by atoms with Crippen LogP contribution in [-0.2, 0) is 14.3 Å². The third kappa shape index (κ3) is 6.08. The summed E-state index contributed by atoms with van der Waals surface area (Å²) in [6, 6.07) is 12.1. The minimum absolute atomic E-state index is 0.0736. The van der Waals surface area contributed by atoms with Crippen molar-refractivity contribution in [3.05, 3.63) is 70.0 Å². The summed E-state index contributed by atoms with van der Waals surface area (Å²) in [6.45, 7) is -0.443. The van der Waals surface area contributed by atoms with Gasteiger partial charge in [0.15, 0.2) is 6.61 Å². The molecular formula is C20H15Cl2FN2O3. The standard InChI is InChI=1S/C20H15Cl2FN2O3/c21-17-4-1-3-14(20(17)22)5-10-19(27)28-13-18(26)25(12-2-11-24)16-8-6-15(23)7-9-16/h1,3-10H,2,12-13H2/b10-5+. The SMILES string of the molecule is N#CCCN(C(=O)COC(=O)/C=C/c1cccc(Cl)c1Cl)c1ccc(F)cc1. The van der Waals surface area contributed by atoms with E-state index in [1.54, 1.807) is 18.2 Å². The number of carbonyl (C=O) groups excluding carboxylic acids is 2. The van der Waals surface area contributed by atoms with Gasteiger partial charge in [-0.15, -0.1) is 0 Å². The number of carbonyl (C=O) groups is 2. The summed E-state index contributed by atoms with van der Waals surface area (Å²) < 4.78 is 18.0. The van der Waals surface area contributed by atoms with Crippen LogP contribution < -0.4 is 4.90 Å². The van der Waals surface area contributed by atoms with Crippen molar-refractivity contribution in [3.8, 4) is 6.07 Å². The Morgan fingerprint density at radius 2 is 1.89 bits per heavy atom. The van der Waals surface area contributed by atoms with Crippen LogP contribution in [0.5, 0.6) is 0 Å². The lowest BCUT2D eigenvalue weighted by Gasteiger charge is -2.21. The molecule has 0 saturated heterocycles. The van der Waals surface area contributed by atoms with E-state index >= 15 is 0 Å². The zero-order chi connectivity index (χ0) is 20.5. The molecule has 0 atom stereocenters. The van der Waals surface area contributed by atoms with Crippen LogP contribution in [0, 0.1) is 17.1 Å². The zero-order valence-corrected chi connectivity index (χ0v) is 16.1. The Hall–Kier alpha value is -2.88. The van der Waals surface area contributed by atoms with Crippen molar-refractivity contribution in [2.24, 2.45) is 0 Å². The van der Waals surface area contributed by atoms with Crippen molar-refractivity contribution >= 4 is 46.8 Å². The van der Waals surface area contributed by atoms with E-state index in [4.69, 9.17) is 33.2 Å². The lowest BCUT2D eigenvalue weighted by molar-refractivity contribution is -0.142. The van der Waals surface area contributed by atoms with E-state index < -0.39 is 24.3 Å². The monoisotopic (exact) mass is 420 g/mol. The van der Waals surface area contributed by atoms with Gasteiger partial charge < -0.3 is 9.64 Å². The largest absolute Gasteiger partial charge is 0.452 e. The number of nitriles is 1. The van der Waals surface area contributed by atoms with Crippen LogP contribution in [0.1, 0.15) is 12.0 Å². The number of amides is 1. The molecule has 0 aliphatic heterocycles. The van der Waals surface area contributed by atoms with Gasteiger partial charge in [0.05, 0.1) is 22.5 Å². The highest BCUT2D eigenvalue weighted by Crippen LogP contribution is 2.26. The summed E-state index contributed by atoms with van der Waals surface area (Å²) in [4.78, 5) is 25.5. The van der Waals surface area contributed by atoms with Crippen molar-refractivity contribution in [2.75, 3.05) is 18.1 Å². The molecule has 0 spiro atoms. The first-order valence-corrected chi connectivity index (χ1v) is 8.89. The Labute approximate surface area is 171 Å². The number of nitrogens with zero attached hydrogens (tertiary/aromatic N) is 2. The highest BCUT2D eigenvalue weighted by molar-refractivity contribution is 6.42. The second-order valence-electron chi connectivity index (χ2n) is 5.51. The molecule has 2 rings (SSSR count). The van der Waals surface area contributed by atoms with E-state index in [0.717, 1.165) is 6.08 Å². The normalized spacial score (nSPS) is 10.5. The lowest BCUT2D eigenvalue weighted by atomic mass is 10.2. The molecule has 0 aromatic heterocycles. The Kier molecular flexibility index (Phi) is 8.00. The van der Waals surface area contributed by atoms with Crippen molar-refractivity contribution < 1.29 is 18.7 Å². The van der Waals surface area contributed by atoms with E-state index in [1.165, 1.54) is 35.2 Å². The zero-order valence-electron chi connectivity index (χ0n) is 14.6. The number of anilines is 1. The van der Waals surface area contributed by atoms with E-state index in [9.17, 15) is 14.0 Å². The summed E-state index contributed by atoms with van der Waals surface area (Å²) in [7, 11) is 0. The van der Waals surface area contributed by atoms with Crippen molar-refractivity contribution in [1.82, 2.24) is 0 Å². The minimum Gasteiger partial charge on any atom is -0.452 e. The van der Waals surface area contributed by atoms with Crippen molar-refractivity contribution in [2.45, 2.75) is 6.42 Å². The van der Waals surface area contributed by atoms with Crippen LogP contribution in [0.2, 0.25) is 10.0 Å². The van der Waals surface area contributed by atoms with Gasteiger partial charge in [0.2, 0.25) is 0 Å². The fourth-order valence-corrected chi connectivity index (χ4v) is 2.62. The highest BCUT2D eigenvalue weighted by Gasteiger charge is 2.17. The molecular weight excluding hydrogens is 406 g/mol. The molecule has 0 fully saturated rings. The molecule has 0 N–H and O–H groups in total. The van der Waals surface area contributed by atoms with E-state index in [0.29, 0.717) is 21.3 Å². The van der Waals surface area contributed by atoms with Gasteiger partial charge in [-0.05, 0) is 42.0 Å². The number of hydrogen-bond acceptors (Lipinski definition) is 4. The average molecular weight is 421 g/mol. The summed E-state index contributed by atoms with van der Waals surface area (Å²) in [5.41, 5.74) is 0.929. The van der Waals surface area contributed by atoms with Gasteiger partial charge in [-0.25, -0.2) is 9.18 Å². The summed E-state index contributed by atoms with van der Waals surface area (Å²) in [5, 5.41) is 9.41. The highest BCUT2D eigenvalue weighted by atomic mass is 35.5. The molecule has 1 amide bonds. The maximum atomic E-state index is 13.1. The fraction of sp³-hybridized carbons (Fsp3) is 0.150. The minimum atomic E-state index is -0.747. The van der Waals surface area contributed by atoms with Crippen molar-refractivity contribution in [1.29, 1.82) is 5.26 Å². The van der Waals surface area contributed by atoms with Gasteiger partial charge in [0, 0.05) is 18.3 Å². The maximum absolute atomic E-state index is 13.1. The van der Waals surface area contributed by atoms with Crippen molar-refractivity contribution in [3.63, 3.8) is 0 Å². The van der Waals surface area contributed by atoms with E-state index in [-0.39, 0.29) is 13.0 Å². The number of rotatable bonds is 7. The van der Waals surface area contributed by atoms with Gasteiger partial charge >= 0.3 is 5.97 Å². The smallest absolute Gasteiger partial charge is 0.331 e. The topological polar surface area (TPSA) is 70.4 Å². The second kappa shape index (κ2) is 10.5. The van der Waals surface area contributed by atoms with Gasteiger partial charge in [-0.3, -0.25) is 4.79 Å². The van der Waals surface area contributed by atoms with Gasteiger partial charge in [0.25, 0.3) is 5.91 Å². The summed E-state index contributed by atoms with van der Waals surface area (Å²) in [6.07, 6.45) is 2.63. The average Bonchev–Trinajstić information content (AvgIpc) is 2.69. The first-order chi connectivity index (χ1) is 13.4. The molecule has 28 heavy (non-hydrogen) atoms. The second-order valence-corrected chi connectivity index (χ2v) is 6.30. The quantitative estimate of drug-likeness (QED) is 0.483. The fourth-order valence-electron chi connectivity index (χ4n) is 2.25. The van der Waals surface area contributed by atoms with Gasteiger partial charge in [-0.1, -0.05) is 35.3 Å². The van der Waals surface area contributed by atoms with E-state index in [2.05, 4.69) is 0 Å². The molecule has 0 heterocycles. The molecule has 0 bridgehead atoms. The van der Waals surface area contributed by atoms with Gasteiger partial charge in [0.1, 0.15) is 5.82 Å². The van der Waals surface area contributed by atoms with Crippen LogP contribution in [0.15, 0.2) is 48.5 Å². The molecule has 8 heteroatoms. The Balaban J connectivity index is 2.00. The molecule has 144 valence electrons. The van der Waals surface area contributed by atoms with E-state index in [1.807, 2.05) is 6.07 Å². The van der Waals surface area contributed by atoms with Crippen LogP contribution >= 0.6 is 23.2 Å². The number of ether oxygens (including phenoxy) is 1. The number of hydrogen-bond donors (Lipinski definition) is 0. The van der Waals surface area contributed by atoms with Crippen LogP contribution in [0.25, 0.3) is 6.08 Å². The molecule has 2 aromatic carbocycles. The maximum Gasteiger partial charge on any atom is 0.331 e. The lowest BCUT2D eigenvalue weighted by Crippen LogP contribution is -2.35. The van der Waals surface area contributed by atoms with Gasteiger partial charge in [-0.2, -0.15) is 5.26 Å². The first kappa shape index (κ1) is 21.4. The number of halogens is 3. The molecule has 0 radical (unpaired) electrons. The Morgan fingerprint density at radius 1 is 1.18 bits per heavy atom. The summed E-state index contributed by atoms with van der Waals surface area (Å²) in [5.74, 6) is -1.74. The molecule has 0 aliphatic carbocycles. The molecule has 0 saturated carbocycles. The Morgan fingerprint density at radius 3 is 2.57 bits per heavy atom. The number of esters is 1. The molecule has 0 aliphatic rings. The predicted molar refractivity (Wildman–Crippen MR) is 105 cm³/mol. The first-order valence-electron chi connectivity index (χ1n) is 8.14. The molecule has 0 unspecified atom stereocenters.